The van der Waals surface area contributed by atoms with Crippen molar-refractivity contribution in [2.24, 2.45) is 0 Å². The first-order valence-corrected chi connectivity index (χ1v) is 4.71. The Morgan fingerprint density at radius 2 is 2.20 bits per heavy atom. The fraction of sp³-hybridized carbons (Fsp3) is 0.200. The van der Waals surface area contributed by atoms with Crippen molar-refractivity contribution in [3.05, 3.63) is 29.4 Å². The van der Waals surface area contributed by atoms with Crippen LogP contribution in [-0.4, -0.2) is 17.1 Å². The maximum absolute atomic E-state index is 5.94. The Bertz CT molecular complexity index is 445. The molecule has 5 heteroatoms. The van der Waals surface area contributed by atoms with Gasteiger partial charge in [0.05, 0.1) is 24.6 Å². The van der Waals surface area contributed by atoms with Gasteiger partial charge >= 0.3 is 0 Å². The van der Waals surface area contributed by atoms with Crippen LogP contribution < -0.4 is 4.74 Å². The van der Waals surface area contributed by atoms with Crippen molar-refractivity contribution in [3.8, 4) is 17.1 Å². The van der Waals surface area contributed by atoms with E-state index in [4.69, 9.17) is 20.8 Å². The van der Waals surface area contributed by atoms with Crippen LogP contribution in [0.3, 0.4) is 0 Å². The fourth-order valence-corrected chi connectivity index (χ4v) is 1.57. The Morgan fingerprint density at radius 3 is 2.73 bits per heavy atom. The Kier molecular flexibility index (Phi) is 2.60. The lowest BCUT2D eigenvalue weighted by Gasteiger charge is -2.06. The van der Waals surface area contributed by atoms with Gasteiger partial charge in [-0.15, -0.1) is 0 Å². The number of ether oxygens (including phenoxy) is 1. The molecule has 0 fully saturated rings. The molecular formula is C10H9ClN2O2. The highest BCUT2D eigenvalue weighted by Gasteiger charge is 2.11. The van der Waals surface area contributed by atoms with Crippen molar-refractivity contribution in [1.82, 2.24) is 9.97 Å². The molecule has 0 aromatic carbocycles. The quantitative estimate of drug-likeness (QED) is 0.736. The van der Waals surface area contributed by atoms with Gasteiger partial charge in [-0.3, -0.25) is 0 Å². The first kappa shape index (κ1) is 9.98. The standard InChI is InChI=1S/C10H9ClN2O2/c1-6-8(14-2)9(11)13-10(12-6)7-3-4-15-5-7/h3-5H,1-2H3. The van der Waals surface area contributed by atoms with Crippen molar-refractivity contribution >= 4 is 11.6 Å². The number of methoxy groups -OCH3 is 1. The van der Waals surface area contributed by atoms with E-state index < -0.39 is 0 Å². The maximum Gasteiger partial charge on any atom is 0.177 e. The van der Waals surface area contributed by atoms with Crippen molar-refractivity contribution in [2.75, 3.05) is 7.11 Å². The van der Waals surface area contributed by atoms with Crippen LogP contribution in [0, 0.1) is 6.92 Å². The highest BCUT2D eigenvalue weighted by atomic mass is 35.5. The summed E-state index contributed by atoms with van der Waals surface area (Å²) in [4.78, 5) is 8.38. The molecule has 0 bridgehead atoms. The summed E-state index contributed by atoms with van der Waals surface area (Å²) in [6.07, 6.45) is 3.13. The predicted octanol–water partition coefficient (Wildman–Crippen LogP) is 2.71. The molecule has 0 spiro atoms. The molecule has 0 unspecified atom stereocenters. The summed E-state index contributed by atoms with van der Waals surface area (Å²) in [5.74, 6) is 1.04. The smallest absolute Gasteiger partial charge is 0.177 e. The molecule has 0 amide bonds. The van der Waals surface area contributed by atoms with Crippen LogP contribution in [0.5, 0.6) is 5.75 Å². The molecule has 2 aromatic heterocycles. The molecule has 0 aliphatic carbocycles. The summed E-state index contributed by atoms with van der Waals surface area (Å²) >= 11 is 5.94. The molecule has 0 aliphatic rings. The zero-order valence-corrected chi connectivity index (χ0v) is 9.08. The fourth-order valence-electron chi connectivity index (χ4n) is 1.28. The molecule has 0 aliphatic heterocycles. The van der Waals surface area contributed by atoms with E-state index in [0.717, 1.165) is 5.56 Å². The van der Waals surface area contributed by atoms with Gasteiger partial charge < -0.3 is 9.15 Å². The molecule has 15 heavy (non-hydrogen) atoms. The third-order valence-electron chi connectivity index (χ3n) is 1.98. The van der Waals surface area contributed by atoms with Crippen LogP contribution in [-0.2, 0) is 0 Å². The second-order valence-corrected chi connectivity index (χ2v) is 3.33. The van der Waals surface area contributed by atoms with Crippen LogP contribution >= 0.6 is 11.6 Å². The number of halogens is 1. The molecule has 2 rings (SSSR count). The third kappa shape index (κ3) is 1.80. The van der Waals surface area contributed by atoms with E-state index in [-0.39, 0.29) is 0 Å². The van der Waals surface area contributed by atoms with E-state index in [2.05, 4.69) is 9.97 Å². The summed E-state index contributed by atoms with van der Waals surface area (Å²) in [6.45, 7) is 1.82. The number of furan rings is 1. The van der Waals surface area contributed by atoms with Gasteiger partial charge in [-0.05, 0) is 13.0 Å². The van der Waals surface area contributed by atoms with Crippen LogP contribution in [0.1, 0.15) is 5.69 Å². The average molecular weight is 225 g/mol. The van der Waals surface area contributed by atoms with Crippen LogP contribution in [0.4, 0.5) is 0 Å². The first-order chi connectivity index (χ1) is 7.22. The van der Waals surface area contributed by atoms with Crippen LogP contribution in [0.15, 0.2) is 23.0 Å². The van der Waals surface area contributed by atoms with Crippen LogP contribution in [0.2, 0.25) is 5.15 Å². The second-order valence-electron chi connectivity index (χ2n) is 2.97. The van der Waals surface area contributed by atoms with Gasteiger partial charge in [0.2, 0.25) is 0 Å². The Morgan fingerprint density at radius 1 is 1.40 bits per heavy atom. The number of rotatable bonds is 2. The molecule has 78 valence electrons. The van der Waals surface area contributed by atoms with E-state index in [0.29, 0.717) is 22.4 Å². The van der Waals surface area contributed by atoms with Crippen molar-refractivity contribution in [2.45, 2.75) is 6.92 Å². The zero-order chi connectivity index (χ0) is 10.8. The molecule has 0 atom stereocenters. The minimum absolute atomic E-state index is 0.307. The van der Waals surface area contributed by atoms with Crippen molar-refractivity contribution in [3.63, 3.8) is 0 Å². The number of aromatic nitrogens is 2. The molecule has 0 N–H and O–H groups in total. The minimum atomic E-state index is 0.307. The zero-order valence-electron chi connectivity index (χ0n) is 8.32. The van der Waals surface area contributed by atoms with E-state index in [1.807, 2.05) is 6.92 Å². The van der Waals surface area contributed by atoms with Gasteiger partial charge in [-0.2, -0.15) is 0 Å². The van der Waals surface area contributed by atoms with Gasteiger partial charge in [0.1, 0.15) is 6.26 Å². The van der Waals surface area contributed by atoms with Gasteiger partial charge in [0, 0.05) is 0 Å². The lowest BCUT2D eigenvalue weighted by Crippen LogP contribution is -1.97. The molecule has 0 saturated carbocycles. The number of hydrogen-bond acceptors (Lipinski definition) is 4. The Labute approximate surface area is 91.9 Å². The average Bonchev–Trinajstić information content (AvgIpc) is 2.69. The minimum Gasteiger partial charge on any atom is -0.492 e. The summed E-state index contributed by atoms with van der Waals surface area (Å²) in [6, 6.07) is 1.78. The topological polar surface area (TPSA) is 48.2 Å². The van der Waals surface area contributed by atoms with Gasteiger partial charge in [0.25, 0.3) is 0 Å². The highest BCUT2D eigenvalue weighted by molar-refractivity contribution is 6.31. The summed E-state index contributed by atoms with van der Waals surface area (Å²) in [7, 11) is 1.54. The first-order valence-electron chi connectivity index (χ1n) is 4.33. The molecule has 2 aromatic rings. The van der Waals surface area contributed by atoms with E-state index in [1.54, 1.807) is 18.6 Å². The molecular weight excluding hydrogens is 216 g/mol. The van der Waals surface area contributed by atoms with E-state index >= 15 is 0 Å². The summed E-state index contributed by atoms with van der Waals surface area (Å²) in [5, 5.41) is 0.307. The highest BCUT2D eigenvalue weighted by Crippen LogP contribution is 2.27. The number of nitrogens with zero attached hydrogens (tertiary/aromatic N) is 2. The largest absolute Gasteiger partial charge is 0.492 e. The van der Waals surface area contributed by atoms with Gasteiger partial charge in [-0.25, -0.2) is 9.97 Å². The predicted molar refractivity (Wildman–Crippen MR) is 56.0 cm³/mol. The third-order valence-corrected chi connectivity index (χ3v) is 2.23. The number of hydrogen-bond donors (Lipinski definition) is 0. The molecule has 2 heterocycles. The van der Waals surface area contributed by atoms with Crippen molar-refractivity contribution in [1.29, 1.82) is 0 Å². The van der Waals surface area contributed by atoms with E-state index in [9.17, 15) is 0 Å². The lowest BCUT2D eigenvalue weighted by atomic mass is 10.3. The second kappa shape index (κ2) is 3.90. The van der Waals surface area contributed by atoms with Crippen LogP contribution in [0.25, 0.3) is 11.4 Å². The summed E-state index contributed by atoms with van der Waals surface area (Å²) < 4.78 is 10.0. The lowest BCUT2D eigenvalue weighted by molar-refractivity contribution is 0.407. The molecule has 0 saturated heterocycles. The Hall–Kier alpha value is -1.55. The van der Waals surface area contributed by atoms with E-state index in [1.165, 1.54) is 7.11 Å². The van der Waals surface area contributed by atoms with Gasteiger partial charge in [-0.1, -0.05) is 11.6 Å². The molecule has 0 radical (unpaired) electrons. The Balaban J connectivity index is 2.53. The summed E-state index contributed by atoms with van der Waals surface area (Å²) in [5.41, 5.74) is 1.50. The van der Waals surface area contributed by atoms with Crippen molar-refractivity contribution < 1.29 is 9.15 Å². The molecule has 4 nitrogen and oxygen atoms in total. The monoisotopic (exact) mass is 224 g/mol. The SMILES string of the molecule is COc1c(C)nc(-c2ccoc2)nc1Cl. The van der Waals surface area contributed by atoms with Gasteiger partial charge in [0.15, 0.2) is 16.7 Å². The normalized spacial score (nSPS) is 10.3. The number of aryl methyl sites for hydroxylation is 1. The maximum atomic E-state index is 5.94.